The van der Waals surface area contributed by atoms with E-state index in [-0.39, 0.29) is 28.5 Å². The molecule has 170 valence electrons. The third kappa shape index (κ3) is 6.25. The molecule has 0 aliphatic rings. The van der Waals surface area contributed by atoms with Crippen molar-refractivity contribution in [3.8, 4) is 11.6 Å². The fourth-order valence-electron chi connectivity index (χ4n) is 2.71. The van der Waals surface area contributed by atoms with Gasteiger partial charge in [-0.3, -0.25) is 9.48 Å². The number of rotatable bonds is 9. The Balaban J connectivity index is 1.87. The topological polar surface area (TPSA) is 137 Å². The van der Waals surface area contributed by atoms with Gasteiger partial charge < -0.3 is 20.1 Å². The van der Waals surface area contributed by atoms with E-state index >= 15 is 0 Å². The first-order valence-corrected chi connectivity index (χ1v) is 11.5. The van der Waals surface area contributed by atoms with Crippen LogP contribution in [0.3, 0.4) is 0 Å². The van der Waals surface area contributed by atoms with E-state index in [4.69, 9.17) is 9.47 Å². The van der Waals surface area contributed by atoms with Crippen molar-refractivity contribution in [1.29, 1.82) is 0 Å². The lowest BCUT2D eigenvalue weighted by Crippen LogP contribution is -2.23. The Bertz CT molecular complexity index is 1190. The maximum Gasteiger partial charge on any atom is 0.275 e. The van der Waals surface area contributed by atoms with Gasteiger partial charge >= 0.3 is 0 Å². The minimum atomic E-state index is -3.33. The van der Waals surface area contributed by atoms with E-state index in [1.807, 2.05) is 6.92 Å². The fraction of sp³-hybridized carbons (Fsp3) is 0.300. The zero-order valence-corrected chi connectivity index (χ0v) is 18.9. The first-order chi connectivity index (χ1) is 15.1. The van der Waals surface area contributed by atoms with Gasteiger partial charge in [0.2, 0.25) is 11.8 Å². The Labute approximate surface area is 185 Å². The molecule has 1 amide bonds. The number of anilines is 2. The molecule has 32 heavy (non-hydrogen) atoms. The molecule has 1 unspecified atom stereocenters. The first-order valence-electron chi connectivity index (χ1n) is 9.57. The van der Waals surface area contributed by atoms with Crippen LogP contribution in [-0.2, 0) is 21.6 Å². The summed E-state index contributed by atoms with van der Waals surface area (Å²) in [6, 6.07) is 8.78. The molecule has 11 nitrogen and oxygen atoms in total. The molecule has 0 fully saturated rings. The number of aryl methyl sites for hydroxylation is 1. The molecule has 0 saturated carbocycles. The van der Waals surface area contributed by atoms with Crippen LogP contribution in [-0.4, -0.2) is 60.1 Å². The third-order valence-electron chi connectivity index (χ3n) is 4.16. The Kier molecular flexibility index (Phi) is 7.05. The van der Waals surface area contributed by atoms with E-state index in [0.29, 0.717) is 18.2 Å². The molecule has 0 bridgehead atoms. The van der Waals surface area contributed by atoms with Gasteiger partial charge in [-0.15, -0.1) is 0 Å². The molecule has 0 aliphatic carbocycles. The Hall–Kier alpha value is -3.51. The van der Waals surface area contributed by atoms with Crippen molar-refractivity contribution in [2.45, 2.75) is 17.9 Å². The molecule has 0 saturated heterocycles. The lowest BCUT2D eigenvalue weighted by Gasteiger charge is -2.14. The highest BCUT2D eigenvalue weighted by atomic mass is 32.2. The zero-order valence-electron chi connectivity index (χ0n) is 18.1. The molecule has 1 aromatic carbocycles. The van der Waals surface area contributed by atoms with Crippen LogP contribution in [0.1, 0.15) is 17.4 Å². The molecular formula is C20H24N6O5S. The van der Waals surface area contributed by atoms with Gasteiger partial charge in [0, 0.05) is 44.8 Å². The van der Waals surface area contributed by atoms with Gasteiger partial charge in [0.15, 0.2) is 15.7 Å². The second-order valence-electron chi connectivity index (χ2n) is 7.09. The Morgan fingerprint density at radius 3 is 2.50 bits per heavy atom. The number of sulfone groups is 1. The van der Waals surface area contributed by atoms with Gasteiger partial charge in [0.25, 0.3) is 5.91 Å². The molecule has 3 aromatic rings. The number of carbonyl (C=O) groups is 1. The van der Waals surface area contributed by atoms with Gasteiger partial charge in [-0.05, 0) is 31.2 Å². The van der Waals surface area contributed by atoms with Crippen LogP contribution >= 0.6 is 0 Å². The minimum Gasteiger partial charge on any atom is -0.439 e. The number of methoxy groups -OCH3 is 1. The highest BCUT2D eigenvalue weighted by Gasteiger charge is 2.16. The van der Waals surface area contributed by atoms with Gasteiger partial charge in [0.05, 0.1) is 11.5 Å². The molecule has 2 aromatic heterocycles. The largest absolute Gasteiger partial charge is 0.439 e. The Morgan fingerprint density at radius 2 is 1.91 bits per heavy atom. The predicted octanol–water partition coefficient (Wildman–Crippen LogP) is 2.10. The number of ether oxygens (including phenoxy) is 2. The summed E-state index contributed by atoms with van der Waals surface area (Å²) in [4.78, 5) is 21.4. The molecule has 12 heteroatoms. The molecule has 0 radical (unpaired) electrons. The summed E-state index contributed by atoms with van der Waals surface area (Å²) in [5.74, 6) is 0.502. The van der Waals surface area contributed by atoms with E-state index in [2.05, 4.69) is 25.7 Å². The van der Waals surface area contributed by atoms with E-state index in [9.17, 15) is 13.2 Å². The van der Waals surface area contributed by atoms with Crippen molar-refractivity contribution in [3.05, 3.63) is 48.3 Å². The van der Waals surface area contributed by atoms with Crippen molar-refractivity contribution in [2.75, 3.05) is 30.6 Å². The van der Waals surface area contributed by atoms with Gasteiger partial charge in [-0.25, -0.2) is 13.4 Å². The molecule has 2 N–H and O–H groups in total. The number of hydrogen-bond donors (Lipinski definition) is 2. The second-order valence-corrected chi connectivity index (χ2v) is 9.11. The van der Waals surface area contributed by atoms with Crippen LogP contribution in [0.2, 0.25) is 0 Å². The third-order valence-corrected chi connectivity index (χ3v) is 5.29. The van der Waals surface area contributed by atoms with Crippen LogP contribution < -0.4 is 15.4 Å². The molecule has 0 aliphatic heterocycles. The number of nitrogens with one attached hydrogen (secondary N) is 2. The van der Waals surface area contributed by atoms with Crippen molar-refractivity contribution in [3.63, 3.8) is 0 Å². The average molecular weight is 461 g/mol. The van der Waals surface area contributed by atoms with Gasteiger partial charge in [-0.1, -0.05) is 0 Å². The summed E-state index contributed by atoms with van der Waals surface area (Å²) in [5.41, 5.74) is 0.0560. The van der Waals surface area contributed by atoms with Crippen molar-refractivity contribution in [1.82, 2.24) is 19.7 Å². The summed E-state index contributed by atoms with van der Waals surface area (Å²) in [5, 5.41) is 9.84. The number of amides is 1. The highest BCUT2D eigenvalue weighted by Crippen LogP contribution is 2.23. The fourth-order valence-corrected chi connectivity index (χ4v) is 3.34. The smallest absolute Gasteiger partial charge is 0.275 e. The lowest BCUT2D eigenvalue weighted by atomic mass is 10.3. The molecular weight excluding hydrogens is 436 g/mol. The highest BCUT2D eigenvalue weighted by molar-refractivity contribution is 7.90. The van der Waals surface area contributed by atoms with Crippen LogP contribution in [0.4, 0.5) is 11.8 Å². The van der Waals surface area contributed by atoms with Crippen LogP contribution in [0.15, 0.2) is 47.5 Å². The van der Waals surface area contributed by atoms with Crippen molar-refractivity contribution < 1.29 is 22.7 Å². The normalized spacial score (nSPS) is 12.2. The monoisotopic (exact) mass is 460 g/mol. The maximum absolute atomic E-state index is 12.7. The van der Waals surface area contributed by atoms with Gasteiger partial charge in [-0.2, -0.15) is 10.1 Å². The van der Waals surface area contributed by atoms with E-state index in [1.54, 1.807) is 31.1 Å². The first kappa shape index (κ1) is 23.2. The number of nitrogens with zero attached hydrogens (tertiary/aromatic N) is 4. The zero-order chi connectivity index (χ0) is 23.3. The minimum absolute atomic E-state index is 0.0560. The molecule has 2 heterocycles. The second kappa shape index (κ2) is 9.75. The maximum atomic E-state index is 12.7. The van der Waals surface area contributed by atoms with E-state index in [0.717, 1.165) is 6.26 Å². The summed E-state index contributed by atoms with van der Waals surface area (Å²) in [7, 11) is -0.0172. The molecule has 1 atom stereocenters. The quantitative estimate of drug-likeness (QED) is 0.492. The summed E-state index contributed by atoms with van der Waals surface area (Å²) in [6.07, 6.45) is 2.82. The summed E-state index contributed by atoms with van der Waals surface area (Å²) >= 11 is 0. The molecule has 0 spiro atoms. The van der Waals surface area contributed by atoms with E-state index < -0.39 is 15.7 Å². The van der Waals surface area contributed by atoms with Crippen LogP contribution in [0.25, 0.3) is 0 Å². The number of aromatic nitrogens is 4. The Morgan fingerprint density at radius 1 is 1.19 bits per heavy atom. The number of hydrogen-bond acceptors (Lipinski definition) is 9. The summed E-state index contributed by atoms with van der Waals surface area (Å²) < 4.78 is 35.7. The average Bonchev–Trinajstić information content (AvgIpc) is 3.12. The van der Waals surface area contributed by atoms with Crippen molar-refractivity contribution >= 4 is 27.5 Å². The SMILES string of the molecule is COCC(C)Nc1nc(Oc2ccc(S(C)(=O)=O)cc2)cc(C(=O)Nc2ccn(C)n2)n1. The van der Waals surface area contributed by atoms with Crippen molar-refractivity contribution in [2.24, 2.45) is 7.05 Å². The van der Waals surface area contributed by atoms with Crippen LogP contribution in [0.5, 0.6) is 11.6 Å². The number of carbonyl (C=O) groups excluding carboxylic acids is 1. The predicted molar refractivity (Wildman–Crippen MR) is 118 cm³/mol. The molecule has 3 rings (SSSR count). The van der Waals surface area contributed by atoms with E-state index in [1.165, 1.54) is 30.3 Å². The number of benzene rings is 1. The lowest BCUT2D eigenvalue weighted by molar-refractivity contribution is 0.102. The van der Waals surface area contributed by atoms with Gasteiger partial charge in [0.1, 0.15) is 11.4 Å². The van der Waals surface area contributed by atoms with Crippen LogP contribution in [0, 0.1) is 0 Å². The standard InChI is InChI=1S/C20H24N6O5S/c1-13(12-30-3)21-20-22-16(19(27)23-17-9-10-26(2)25-17)11-18(24-20)31-14-5-7-15(8-6-14)32(4,28)29/h5-11,13H,12H2,1-4H3,(H,21,22,24)(H,23,25,27). The summed E-state index contributed by atoms with van der Waals surface area (Å²) in [6.45, 7) is 2.27.